The van der Waals surface area contributed by atoms with E-state index < -0.39 is 0 Å². The molecule has 0 amide bonds. The van der Waals surface area contributed by atoms with Crippen LogP contribution in [0.4, 0.5) is 0 Å². The van der Waals surface area contributed by atoms with Crippen LogP contribution in [0.1, 0.15) is 60.8 Å². The summed E-state index contributed by atoms with van der Waals surface area (Å²) in [6.45, 7) is 18.0. The molecule has 1 saturated heterocycles. The quantitative estimate of drug-likeness (QED) is 0.846. The van der Waals surface area contributed by atoms with Crippen LogP contribution in [-0.2, 0) is 0 Å². The van der Waals surface area contributed by atoms with Gasteiger partial charge in [0, 0.05) is 31.7 Å². The minimum atomic E-state index is 0.364. The first-order valence-corrected chi connectivity index (χ1v) is 8.74. The Morgan fingerprint density at radius 2 is 1.90 bits per heavy atom. The van der Waals surface area contributed by atoms with Crippen LogP contribution in [0.15, 0.2) is 0 Å². The standard InChI is InChI=1S/C18H36N2/c1-13(2)16-10-19-17(18(4,5)6)12-20(16)11-15-8-7-14(3)9-15/h13-17,19H,7-12H2,1-6H3. The van der Waals surface area contributed by atoms with E-state index in [-0.39, 0.29) is 0 Å². The highest BCUT2D eigenvalue weighted by molar-refractivity contribution is 4.94. The minimum absolute atomic E-state index is 0.364. The van der Waals surface area contributed by atoms with Crippen LogP contribution in [0.3, 0.4) is 0 Å². The lowest BCUT2D eigenvalue weighted by atomic mass is 9.83. The second-order valence-electron chi connectivity index (χ2n) is 8.88. The maximum absolute atomic E-state index is 3.81. The molecule has 20 heavy (non-hydrogen) atoms. The van der Waals surface area contributed by atoms with Gasteiger partial charge in [0.1, 0.15) is 0 Å². The van der Waals surface area contributed by atoms with E-state index in [9.17, 15) is 0 Å². The fraction of sp³-hybridized carbons (Fsp3) is 1.00. The highest BCUT2D eigenvalue weighted by atomic mass is 15.2. The van der Waals surface area contributed by atoms with E-state index in [2.05, 4.69) is 51.8 Å². The van der Waals surface area contributed by atoms with Gasteiger partial charge in [0.05, 0.1) is 0 Å². The molecule has 0 spiro atoms. The van der Waals surface area contributed by atoms with E-state index in [1.807, 2.05) is 0 Å². The van der Waals surface area contributed by atoms with Gasteiger partial charge in [-0.05, 0) is 36.0 Å². The average Bonchev–Trinajstić information content (AvgIpc) is 2.73. The number of nitrogens with zero attached hydrogens (tertiary/aromatic N) is 1. The molecule has 0 radical (unpaired) electrons. The molecule has 0 bridgehead atoms. The monoisotopic (exact) mass is 280 g/mol. The minimum Gasteiger partial charge on any atom is -0.311 e. The Labute approximate surface area is 126 Å². The summed E-state index contributed by atoms with van der Waals surface area (Å²) in [6, 6.07) is 1.36. The zero-order chi connectivity index (χ0) is 14.9. The molecule has 1 heterocycles. The summed E-state index contributed by atoms with van der Waals surface area (Å²) in [4.78, 5) is 2.82. The lowest BCUT2D eigenvalue weighted by molar-refractivity contribution is 0.0509. The van der Waals surface area contributed by atoms with E-state index in [1.54, 1.807) is 0 Å². The number of hydrogen-bond donors (Lipinski definition) is 1. The second-order valence-corrected chi connectivity index (χ2v) is 8.88. The van der Waals surface area contributed by atoms with Crippen LogP contribution in [0.25, 0.3) is 0 Å². The van der Waals surface area contributed by atoms with Gasteiger partial charge in [-0.15, -0.1) is 0 Å². The van der Waals surface area contributed by atoms with Gasteiger partial charge in [0.2, 0.25) is 0 Å². The van der Waals surface area contributed by atoms with Gasteiger partial charge in [-0.1, -0.05) is 48.0 Å². The van der Waals surface area contributed by atoms with Crippen molar-refractivity contribution in [1.82, 2.24) is 10.2 Å². The number of piperazine rings is 1. The number of nitrogens with one attached hydrogen (secondary N) is 1. The highest BCUT2D eigenvalue weighted by Crippen LogP contribution is 2.33. The predicted octanol–water partition coefficient (Wildman–Crippen LogP) is 3.77. The molecular weight excluding hydrogens is 244 g/mol. The summed E-state index contributed by atoms with van der Waals surface area (Å²) in [5.74, 6) is 2.66. The summed E-state index contributed by atoms with van der Waals surface area (Å²) in [5, 5.41) is 3.81. The molecule has 2 heteroatoms. The Hall–Kier alpha value is -0.0800. The van der Waals surface area contributed by atoms with Gasteiger partial charge >= 0.3 is 0 Å². The van der Waals surface area contributed by atoms with Crippen LogP contribution >= 0.6 is 0 Å². The molecular formula is C18H36N2. The Balaban J connectivity index is 1.99. The zero-order valence-electron chi connectivity index (χ0n) is 14.6. The second kappa shape index (κ2) is 6.36. The summed E-state index contributed by atoms with van der Waals surface area (Å²) in [7, 11) is 0. The van der Waals surface area contributed by atoms with Crippen molar-refractivity contribution in [3.63, 3.8) is 0 Å². The third-order valence-corrected chi connectivity index (χ3v) is 5.57. The van der Waals surface area contributed by atoms with Gasteiger partial charge in [-0.3, -0.25) is 4.90 Å². The molecule has 1 N–H and O–H groups in total. The highest BCUT2D eigenvalue weighted by Gasteiger charge is 2.36. The van der Waals surface area contributed by atoms with Crippen LogP contribution in [0, 0.1) is 23.2 Å². The van der Waals surface area contributed by atoms with E-state index in [4.69, 9.17) is 0 Å². The predicted molar refractivity (Wildman–Crippen MR) is 87.9 cm³/mol. The first-order chi connectivity index (χ1) is 9.27. The third-order valence-electron chi connectivity index (χ3n) is 5.57. The molecule has 0 aromatic carbocycles. The topological polar surface area (TPSA) is 15.3 Å². The Kier molecular flexibility index (Phi) is 5.18. The van der Waals surface area contributed by atoms with Crippen molar-refractivity contribution >= 4 is 0 Å². The Bertz CT molecular complexity index is 305. The molecule has 4 unspecified atom stereocenters. The van der Waals surface area contributed by atoms with Gasteiger partial charge in [0.25, 0.3) is 0 Å². The molecule has 0 aromatic rings. The number of hydrogen-bond acceptors (Lipinski definition) is 2. The van der Waals surface area contributed by atoms with Gasteiger partial charge in [0.15, 0.2) is 0 Å². The Morgan fingerprint density at radius 3 is 2.40 bits per heavy atom. The van der Waals surface area contributed by atoms with Crippen LogP contribution < -0.4 is 5.32 Å². The molecule has 1 saturated carbocycles. The van der Waals surface area contributed by atoms with Crippen molar-refractivity contribution in [3.05, 3.63) is 0 Å². The normalized spacial score (nSPS) is 36.8. The van der Waals surface area contributed by atoms with Crippen molar-refractivity contribution in [2.75, 3.05) is 19.6 Å². The summed E-state index contributed by atoms with van der Waals surface area (Å²) in [5.41, 5.74) is 0.364. The fourth-order valence-corrected chi connectivity index (χ4v) is 4.10. The van der Waals surface area contributed by atoms with Crippen LogP contribution in [-0.4, -0.2) is 36.6 Å². The number of rotatable bonds is 3. The maximum atomic E-state index is 3.81. The van der Waals surface area contributed by atoms with Crippen molar-refractivity contribution in [1.29, 1.82) is 0 Å². The summed E-state index contributed by atoms with van der Waals surface area (Å²) in [6.07, 6.45) is 4.36. The Morgan fingerprint density at radius 1 is 1.20 bits per heavy atom. The van der Waals surface area contributed by atoms with Gasteiger partial charge in [-0.2, -0.15) is 0 Å². The summed E-state index contributed by atoms with van der Waals surface area (Å²) < 4.78 is 0. The van der Waals surface area contributed by atoms with Crippen LogP contribution in [0.5, 0.6) is 0 Å². The van der Waals surface area contributed by atoms with E-state index in [1.165, 1.54) is 38.9 Å². The largest absolute Gasteiger partial charge is 0.311 e. The molecule has 1 aliphatic heterocycles. The van der Waals surface area contributed by atoms with Crippen molar-refractivity contribution < 1.29 is 0 Å². The molecule has 0 aromatic heterocycles. The molecule has 2 rings (SSSR count). The van der Waals surface area contributed by atoms with E-state index in [0.717, 1.165) is 23.8 Å². The van der Waals surface area contributed by atoms with Crippen LogP contribution in [0.2, 0.25) is 0 Å². The first-order valence-electron chi connectivity index (χ1n) is 8.74. The zero-order valence-corrected chi connectivity index (χ0v) is 14.6. The summed E-state index contributed by atoms with van der Waals surface area (Å²) >= 11 is 0. The molecule has 2 nitrogen and oxygen atoms in total. The molecule has 118 valence electrons. The van der Waals surface area contributed by atoms with E-state index >= 15 is 0 Å². The van der Waals surface area contributed by atoms with Crippen molar-refractivity contribution in [2.24, 2.45) is 23.2 Å². The van der Waals surface area contributed by atoms with Gasteiger partial charge in [-0.25, -0.2) is 0 Å². The molecule has 4 atom stereocenters. The van der Waals surface area contributed by atoms with Gasteiger partial charge < -0.3 is 5.32 Å². The van der Waals surface area contributed by atoms with E-state index in [0.29, 0.717) is 11.5 Å². The van der Waals surface area contributed by atoms with Crippen molar-refractivity contribution in [3.8, 4) is 0 Å². The lowest BCUT2D eigenvalue weighted by Gasteiger charge is -2.47. The smallest absolute Gasteiger partial charge is 0.0244 e. The SMILES string of the molecule is CC1CCC(CN2CC(C(C)(C)C)NCC2C(C)C)C1. The molecule has 2 aliphatic rings. The van der Waals surface area contributed by atoms with Crippen molar-refractivity contribution in [2.45, 2.75) is 72.9 Å². The lowest BCUT2D eigenvalue weighted by Crippen LogP contribution is -2.62. The fourth-order valence-electron chi connectivity index (χ4n) is 4.10. The third kappa shape index (κ3) is 3.98. The molecule has 2 fully saturated rings. The maximum Gasteiger partial charge on any atom is 0.0244 e. The first kappa shape index (κ1) is 16.3. The molecule has 1 aliphatic carbocycles. The average molecular weight is 281 g/mol.